The average Bonchev–Trinajstić information content (AvgIpc) is 2.28. The van der Waals surface area contributed by atoms with Crippen molar-refractivity contribution in [3.63, 3.8) is 0 Å². The van der Waals surface area contributed by atoms with Crippen LogP contribution in [-0.2, 0) is 0 Å². The molecule has 1 nitrogen and oxygen atoms in total. The first-order chi connectivity index (χ1) is 8.37. The van der Waals surface area contributed by atoms with E-state index in [1.54, 1.807) is 6.92 Å². The topological polar surface area (TPSA) is 20.2 Å². The standard InChI is InChI=1S/C17H28O/c1-6-17(5,18)14-9-7-8-12-16(4)13-10-11-15(2)3/h1,11-12,18H,7-10,13-14H2,2-5H3/b16-12+. The molecule has 0 aromatic carbocycles. The largest absolute Gasteiger partial charge is 0.378 e. The van der Waals surface area contributed by atoms with Gasteiger partial charge < -0.3 is 5.11 Å². The van der Waals surface area contributed by atoms with Crippen LogP contribution < -0.4 is 0 Å². The number of unbranched alkanes of at least 4 members (excludes halogenated alkanes) is 2. The molecule has 0 radical (unpaired) electrons. The molecule has 1 unspecified atom stereocenters. The Morgan fingerprint density at radius 2 is 1.83 bits per heavy atom. The van der Waals surface area contributed by atoms with Crippen molar-refractivity contribution in [2.45, 2.75) is 71.8 Å². The molecule has 0 aliphatic heterocycles. The molecule has 0 heterocycles. The second-order valence-electron chi connectivity index (χ2n) is 5.53. The van der Waals surface area contributed by atoms with Crippen molar-refractivity contribution in [2.24, 2.45) is 0 Å². The Kier molecular flexibility index (Phi) is 8.50. The first-order valence-corrected chi connectivity index (χ1v) is 6.86. The van der Waals surface area contributed by atoms with Gasteiger partial charge in [-0.3, -0.25) is 0 Å². The Hall–Kier alpha value is -1.00. The van der Waals surface area contributed by atoms with Crippen LogP contribution in [0.3, 0.4) is 0 Å². The summed E-state index contributed by atoms with van der Waals surface area (Å²) in [7, 11) is 0. The van der Waals surface area contributed by atoms with E-state index in [-0.39, 0.29) is 0 Å². The van der Waals surface area contributed by atoms with Gasteiger partial charge in [-0.25, -0.2) is 0 Å². The van der Waals surface area contributed by atoms with E-state index in [4.69, 9.17) is 6.42 Å². The van der Waals surface area contributed by atoms with Crippen molar-refractivity contribution >= 4 is 0 Å². The molecule has 0 spiro atoms. The fourth-order valence-corrected chi connectivity index (χ4v) is 1.72. The smallest absolute Gasteiger partial charge is 0.122 e. The summed E-state index contributed by atoms with van der Waals surface area (Å²) in [6.07, 6.45) is 16.0. The quantitative estimate of drug-likeness (QED) is 0.377. The van der Waals surface area contributed by atoms with Crippen LogP contribution in [0.5, 0.6) is 0 Å². The lowest BCUT2D eigenvalue weighted by atomic mass is 9.99. The monoisotopic (exact) mass is 248 g/mol. The lowest BCUT2D eigenvalue weighted by molar-refractivity contribution is 0.109. The molecule has 0 amide bonds. The summed E-state index contributed by atoms with van der Waals surface area (Å²) in [6.45, 7) is 8.16. The van der Waals surface area contributed by atoms with Gasteiger partial charge in [-0.2, -0.15) is 0 Å². The Labute approximate surface area is 113 Å². The fraction of sp³-hybridized carbons (Fsp3) is 0.647. The van der Waals surface area contributed by atoms with Crippen LogP contribution >= 0.6 is 0 Å². The summed E-state index contributed by atoms with van der Waals surface area (Å²) in [5, 5.41) is 9.64. The number of terminal acetylenes is 1. The first kappa shape index (κ1) is 17.0. The molecule has 1 atom stereocenters. The molecule has 0 saturated heterocycles. The molecular weight excluding hydrogens is 220 g/mol. The van der Waals surface area contributed by atoms with Crippen LogP contribution in [0.25, 0.3) is 0 Å². The molecule has 0 rings (SSSR count). The Morgan fingerprint density at radius 3 is 2.39 bits per heavy atom. The summed E-state index contributed by atoms with van der Waals surface area (Å²) in [5.74, 6) is 2.41. The molecule has 1 heteroatoms. The van der Waals surface area contributed by atoms with Gasteiger partial charge in [-0.1, -0.05) is 29.2 Å². The van der Waals surface area contributed by atoms with E-state index in [9.17, 15) is 5.11 Å². The molecule has 0 aromatic rings. The second kappa shape index (κ2) is 9.00. The number of hydrogen-bond acceptors (Lipinski definition) is 1. The second-order valence-corrected chi connectivity index (χ2v) is 5.53. The van der Waals surface area contributed by atoms with Crippen LogP contribution in [0.4, 0.5) is 0 Å². The summed E-state index contributed by atoms with van der Waals surface area (Å²) in [6, 6.07) is 0. The van der Waals surface area contributed by atoms with Gasteiger partial charge in [0.1, 0.15) is 5.60 Å². The van der Waals surface area contributed by atoms with Gasteiger partial charge >= 0.3 is 0 Å². The lowest BCUT2D eigenvalue weighted by Crippen LogP contribution is -2.20. The molecular formula is C17H28O. The number of hydrogen-bond donors (Lipinski definition) is 1. The Bertz CT molecular complexity index is 322. The maximum atomic E-state index is 9.64. The van der Waals surface area contributed by atoms with Gasteiger partial charge in [0.2, 0.25) is 0 Å². The molecule has 102 valence electrons. The van der Waals surface area contributed by atoms with Crippen molar-refractivity contribution in [3.05, 3.63) is 23.3 Å². The van der Waals surface area contributed by atoms with Crippen molar-refractivity contribution in [1.29, 1.82) is 0 Å². The van der Waals surface area contributed by atoms with Gasteiger partial charge in [0, 0.05) is 0 Å². The van der Waals surface area contributed by atoms with Crippen molar-refractivity contribution in [3.8, 4) is 12.3 Å². The summed E-state index contributed by atoms with van der Waals surface area (Å²) >= 11 is 0. The zero-order valence-corrected chi connectivity index (χ0v) is 12.4. The minimum absolute atomic E-state index is 0.689. The van der Waals surface area contributed by atoms with E-state index in [1.165, 1.54) is 11.1 Å². The van der Waals surface area contributed by atoms with E-state index in [1.807, 2.05) is 0 Å². The molecule has 0 aliphatic carbocycles. The summed E-state index contributed by atoms with van der Waals surface area (Å²) < 4.78 is 0. The molecule has 18 heavy (non-hydrogen) atoms. The van der Waals surface area contributed by atoms with Crippen molar-refractivity contribution in [1.82, 2.24) is 0 Å². The minimum Gasteiger partial charge on any atom is -0.378 e. The minimum atomic E-state index is -0.928. The third kappa shape index (κ3) is 10.2. The highest BCUT2D eigenvalue weighted by Gasteiger charge is 2.14. The van der Waals surface area contributed by atoms with E-state index < -0.39 is 5.60 Å². The summed E-state index contributed by atoms with van der Waals surface area (Å²) in [5.41, 5.74) is 1.91. The van der Waals surface area contributed by atoms with Crippen LogP contribution in [0.15, 0.2) is 23.3 Å². The van der Waals surface area contributed by atoms with Crippen LogP contribution in [0.2, 0.25) is 0 Å². The summed E-state index contributed by atoms with van der Waals surface area (Å²) in [4.78, 5) is 0. The van der Waals surface area contributed by atoms with Crippen LogP contribution in [-0.4, -0.2) is 10.7 Å². The maximum Gasteiger partial charge on any atom is 0.122 e. The zero-order valence-electron chi connectivity index (χ0n) is 12.4. The third-order valence-electron chi connectivity index (χ3n) is 3.01. The highest BCUT2D eigenvalue weighted by Crippen LogP contribution is 2.14. The maximum absolute atomic E-state index is 9.64. The molecule has 0 bridgehead atoms. The fourth-order valence-electron chi connectivity index (χ4n) is 1.72. The highest BCUT2D eigenvalue weighted by molar-refractivity contribution is 5.04. The average molecular weight is 248 g/mol. The van der Waals surface area contributed by atoms with Crippen molar-refractivity contribution in [2.75, 3.05) is 0 Å². The molecule has 0 saturated carbocycles. The van der Waals surface area contributed by atoms with Crippen molar-refractivity contribution < 1.29 is 5.11 Å². The van der Waals surface area contributed by atoms with Gasteiger partial charge in [-0.05, 0) is 66.2 Å². The highest BCUT2D eigenvalue weighted by atomic mass is 16.3. The van der Waals surface area contributed by atoms with E-state index >= 15 is 0 Å². The van der Waals surface area contributed by atoms with E-state index in [0.717, 1.165) is 32.1 Å². The predicted octanol–water partition coefficient (Wildman–Crippen LogP) is 4.62. The molecule has 0 aliphatic rings. The molecule has 0 aromatic heterocycles. The van der Waals surface area contributed by atoms with Gasteiger partial charge in [-0.15, -0.1) is 6.42 Å². The van der Waals surface area contributed by atoms with Gasteiger partial charge in [0.15, 0.2) is 0 Å². The van der Waals surface area contributed by atoms with E-state index in [0.29, 0.717) is 6.42 Å². The Morgan fingerprint density at radius 1 is 1.17 bits per heavy atom. The normalized spacial score (nSPS) is 14.8. The van der Waals surface area contributed by atoms with Gasteiger partial charge in [0.25, 0.3) is 0 Å². The number of allylic oxidation sites excluding steroid dienone is 4. The number of rotatable bonds is 8. The SMILES string of the molecule is C#CC(C)(O)CCCC/C=C(\C)CCC=C(C)C. The van der Waals surface area contributed by atoms with Crippen LogP contribution in [0.1, 0.15) is 66.2 Å². The zero-order chi connectivity index (χ0) is 14.0. The third-order valence-corrected chi connectivity index (χ3v) is 3.01. The Balaban J connectivity index is 3.70. The molecule has 0 fully saturated rings. The number of aliphatic hydroxyl groups is 1. The molecule has 1 N–H and O–H groups in total. The predicted molar refractivity (Wildman–Crippen MR) is 80.3 cm³/mol. The van der Waals surface area contributed by atoms with E-state index in [2.05, 4.69) is 38.8 Å². The van der Waals surface area contributed by atoms with Crippen LogP contribution in [0, 0.1) is 12.3 Å². The first-order valence-electron chi connectivity index (χ1n) is 6.86. The lowest BCUT2D eigenvalue weighted by Gasteiger charge is -2.15. The van der Waals surface area contributed by atoms with Gasteiger partial charge in [0.05, 0.1) is 0 Å².